The fraction of sp³-hybridized carbons (Fsp3) is 0.455. The molecule has 1 aromatic carbocycles. The molecule has 1 amide bonds. The van der Waals surface area contributed by atoms with Crippen molar-refractivity contribution in [3.63, 3.8) is 0 Å². The van der Waals surface area contributed by atoms with Gasteiger partial charge in [0.25, 0.3) is 5.56 Å². The zero-order valence-corrected chi connectivity index (χ0v) is 20.5. The average molecular weight is 492 g/mol. The number of halogens is 1. The molecule has 0 bridgehead atoms. The summed E-state index contributed by atoms with van der Waals surface area (Å²) in [4.78, 5) is 37.2. The van der Waals surface area contributed by atoms with Gasteiger partial charge in [0, 0.05) is 30.7 Å². The van der Waals surface area contributed by atoms with E-state index in [1.165, 1.54) is 29.5 Å². The Labute approximate surface area is 200 Å². The number of nitrogens with one attached hydrogen (secondary N) is 1. The minimum Gasteiger partial charge on any atom is -0.351 e. The van der Waals surface area contributed by atoms with Crippen LogP contribution >= 0.6 is 34.7 Å². The molecule has 2 aromatic heterocycles. The quantitative estimate of drug-likeness (QED) is 0.387. The van der Waals surface area contributed by atoms with Gasteiger partial charge in [-0.25, -0.2) is 4.98 Å². The Morgan fingerprint density at radius 3 is 2.59 bits per heavy atom. The molecule has 7 nitrogen and oxygen atoms in total. The van der Waals surface area contributed by atoms with E-state index < -0.39 is 0 Å². The van der Waals surface area contributed by atoms with Crippen LogP contribution in [0.25, 0.3) is 10.3 Å². The maximum absolute atomic E-state index is 13.2. The Morgan fingerprint density at radius 2 is 1.91 bits per heavy atom. The maximum atomic E-state index is 13.2. The van der Waals surface area contributed by atoms with E-state index in [1.54, 1.807) is 16.7 Å². The smallest absolute Gasteiger partial charge is 0.274 e. The lowest BCUT2D eigenvalue weighted by atomic mass is 10.1. The first-order valence-corrected chi connectivity index (χ1v) is 12.9. The van der Waals surface area contributed by atoms with E-state index in [2.05, 4.69) is 20.2 Å². The first-order valence-electron chi connectivity index (χ1n) is 10.7. The van der Waals surface area contributed by atoms with Crippen LogP contribution in [0.15, 0.2) is 34.2 Å². The van der Waals surface area contributed by atoms with Gasteiger partial charge in [0.05, 0.1) is 5.75 Å². The normalized spacial score (nSPS) is 14.3. The molecule has 4 rings (SSSR count). The molecule has 1 N–H and O–H groups in total. The van der Waals surface area contributed by atoms with Gasteiger partial charge < -0.3 is 10.2 Å². The second-order valence-electron chi connectivity index (χ2n) is 8.05. The van der Waals surface area contributed by atoms with Gasteiger partial charge in [-0.05, 0) is 50.8 Å². The molecule has 3 aromatic rings. The Morgan fingerprint density at radius 1 is 1.19 bits per heavy atom. The molecular weight excluding hydrogens is 466 g/mol. The number of rotatable bonds is 7. The highest BCUT2D eigenvalue weighted by atomic mass is 35.5. The highest BCUT2D eigenvalue weighted by Gasteiger charge is 2.21. The van der Waals surface area contributed by atoms with E-state index >= 15 is 0 Å². The second kappa shape index (κ2) is 10.2. The van der Waals surface area contributed by atoms with Gasteiger partial charge in [-0.2, -0.15) is 4.98 Å². The second-order valence-corrected chi connectivity index (χ2v) is 10.4. The maximum Gasteiger partial charge on any atom is 0.274 e. The lowest BCUT2D eigenvalue weighted by Gasteiger charge is -2.25. The third kappa shape index (κ3) is 5.27. The van der Waals surface area contributed by atoms with Crippen molar-refractivity contribution in [2.45, 2.75) is 50.9 Å². The van der Waals surface area contributed by atoms with Crippen LogP contribution in [0.3, 0.4) is 0 Å². The van der Waals surface area contributed by atoms with E-state index in [9.17, 15) is 9.59 Å². The van der Waals surface area contributed by atoms with Gasteiger partial charge in [-0.3, -0.25) is 14.2 Å². The summed E-state index contributed by atoms with van der Waals surface area (Å²) in [6.07, 6.45) is 3.53. The van der Waals surface area contributed by atoms with Gasteiger partial charge >= 0.3 is 0 Å². The van der Waals surface area contributed by atoms with Gasteiger partial charge in [-0.1, -0.05) is 46.8 Å². The molecule has 32 heavy (non-hydrogen) atoms. The number of carbonyl (C=O) groups excluding carboxylic acids is 1. The Hall–Kier alpha value is -2.10. The molecule has 1 aliphatic heterocycles. The number of aromatic nitrogens is 3. The van der Waals surface area contributed by atoms with E-state index in [1.807, 2.05) is 26.0 Å². The van der Waals surface area contributed by atoms with Crippen molar-refractivity contribution in [3.8, 4) is 0 Å². The van der Waals surface area contributed by atoms with Gasteiger partial charge in [0.15, 0.2) is 15.9 Å². The first-order chi connectivity index (χ1) is 15.4. The van der Waals surface area contributed by atoms with Crippen LogP contribution in [0, 0.1) is 0 Å². The lowest BCUT2D eigenvalue weighted by molar-refractivity contribution is -0.118. The highest BCUT2D eigenvalue weighted by Crippen LogP contribution is 2.30. The Balaban J connectivity index is 1.50. The first kappa shape index (κ1) is 23.1. The molecule has 1 saturated heterocycles. The number of benzene rings is 1. The molecule has 1 aliphatic rings. The summed E-state index contributed by atoms with van der Waals surface area (Å²) in [5.41, 5.74) is 1.36. The minimum absolute atomic E-state index is 0.0698. The predicted molar refractivity (Wildman–Crippen MR) is 132 cm³/mol. The van der Waals surface area contributed by atoms with Crippen molar-refractivity contribution >= 4 is 56.1 Å². The molecule has 0 radical (unpaired) electrons. The third-order valence-corrected chi connectivity index (χ3v) is 7.60. The van der Waals surface area contributed by atoms with Crippen molar-refractivity contribution < 1.29 is 4.79 Å². The number of hydrogen-bond acceptors (Lipinski definition) is 7. The monoisotopic (exact) mass is 491 g/mol. The lowest BCUT2D eigenvalue weighted by Crippen LogP contribution is -2.29. The molecule has 3 heterocycles. The summed E-state index contributed by atoms with van der Waals surface area (Å²) in [6.45, 7) is 6.25. The van der Waals surface area contributed by atoms with Crippen LogP contribution in [-0.2, 0) is 11.3 Å². The van der Waals surface area contributed by atoms with Crippen molar-refractivity contribution in [1.82, 2.24) is 19.9 Å². The fourth-order valence-corrected chi connectivity index (χ4v) is 5.69. The molecule has 10 heteroatoms. The number of piperidine rings is 1. The highest BCUT2D eigenvalue weighted by molar-refractivity contribution is 7.99. The summed E-state index contributed by atoms with van der Waals surface area (Å²) in [5.74, 6) is 0.0448. The van der Waals surface area contributed by atoms with Crippen molar-refractivity contribution in [3.05, 3.63) is 45.2 Å². The van der Waals surface area contributed by atoms with E-state index in [0.29, 0.717) is 27.1 Å². The molecule has 0 saturated carbocycles. The number of thiazole rings is 1. The number of anilines is 1. The van der Waals surface area contributed by atoms with Crippen molar-refractivity contribution in [1.29, 1.82) is 0 Å². The zero-order chi connectivity index (χ0) is 22.7. The number of carbonyl (C=O) groups is 1. The third-order valence-electron chi connectivity index (χ3n) is 5.30. The molecule has 1 fully saturated rings. The molecule has 170 valence electrons. The summed E-state index contributed by atoms with van der Waals surface area (Å²) < 4.78 is 2.24. The molecular formula is C22H26ClN5O2S2. The van der Waals surface area contributed by atoms with Crippen LogP contribution < -0.4 is 15.8 Å². The Bertz CT molecular complexity index is 1150. The van der Waals surface area contributed by atoms with Crippen LogP contribution in [0.4, 0.5) is 5.13 Å². The summed E-state index contributed by atoms with van der Waals surface area (Å²) in [6, 6.07) is 7.28. The van der Waals surface area contributed by atoms with Gasteiger partial charge in [0.2, 0.25) is 5.91 Å². The summed E-state index contributed by atoms with van der Waals surface area (Å²) in [5, 5.41) is 4.95. The van der Waals surface area contributed by atoms with Crippen LogP contribution in [-0.4, -0.2) is 39.3 Å². The topological polar surface area (TPSA) is 80.1 Å². The fourth-order valence-electron chi connectivity index (χ4n) is 3.62. The number of hydrogen-bond donors (Lipinski definition) is 1. The standard InChI is InChI=1S/C22H26ClN5O2S2/c1-14(2)28-20(30)18-19(25-21(32-18)27-10-4-3-5-11-27)26-22(28)31-13-17(29)24-12-15-6-8-16(23)9-7-15/h6-9,14H,3-5,10-13H2,1-2H3,(H,24,29). The van der Waals surface area contributed by atoms with Gasteiger partial charge in [0.1, 0.15) is 4.70 Å². The van der Waals surface area contributed by atoms with Crippen LogP contribution in [0.1, 0.15) is 44.7 Å². The molecule has 0 spiro atoms. The molecule has 0 atom stereocenters. The van der Waals surface area contributed by atoms with E-state index in [0.717, 1.165) is 36.6 Å². The van der Waals surface area contributed by atoms with Crippen LogP contribution in [0.2, 0.25) is 5.02 Å². The summed E-state index contributed by atoms with van der Waals surface area (Å²) in [7, 11) is 0. The minimum atomic E-state index is -0.123. The number of nitrogens with zero attached hydrogens (tertiary/aromatic N) is 4. The zero-order valence-electron chi connectivity index (χ0n) is 18.1. The molecule has 0 aliphatic carbocycles. The van der Waals surface area contributed by atoms with E-state index in [4.69, 9.17) is 11.6 Å². The number of amides is 1. The number of thioether (sulfide) groups is 1. The number of fused-ring (bicyclic) bond motifs is 1. The predicted octanol–water partition coefficient (Wildman–Crippen LogP) is 4.49. The van der Waals surface area contributed by atoms with Crippen molar-refractivity contribution in [2.24, 2.45) is 0 Å². The van der Waals surface area contributed by atoms with Crippen molar-refractivity contribution in [2.75, 3.05) is 23.7 Å². The van der Waals surface area contributed by atoms with Gasteiger partial charge in [-0.15, -0.1) is 0 Å². The Kier molecular flexibility index (Phi) is 7.37. The van der Waals surface area contributed by atoms with E-state index in [-0.39, 0.29) is 23.3 Å². The van der Waals surface area contributed by atoms with Crippen LogP contribution in [0.5, 0.6) is 0 Å². The average Bonchev–Trinajstić information content (AvgIpc) is 3.22. The summed E-state index contributed by atoms with van der Waals surface area (Å²) >= 11 is 8.59. The largest absolute Gasteiger partial charge is 0.351 e. The SMILES string of the molecule is CC(C)n1c(SCC(=O)NCc2ccc(Cl)cc2)nc2nc(N3CCCCC3)sc2c1=O. The molecule has 0 unspecified atom stereocenters.